The fourth-order valence-corrected chi connectivity index (χ4v) is 2.52. The van der Waals surface area contributed by atoms with Crippen LogP contribution in [0.1, 0.15) is 10.5 Å². The number of hydroxylamine groups is 1. The number of carbonyl (C=O) groups excluding carboxylic acids is 1. The second kappa shape index (κ2) is 8.56. The summed E-state index contributed by atoms with van der Waals surface area (Å²) in [5, 5.41) is 14.8. The minimum Gasteiger partial charge on any atom is -0.394 e. The Labute approximate surface area is 160 Å². The monoisotopic (exact) mass is 482 g/mol. The molecule has 3 N–H and O–H groups in total. The van der Waals surface area contributed by atoms with E-state index in [-0.39, 0.29) is 35.3 Å². The number of hydrogen-bond donors (Lipinski definition) is 3. The molecule has 134 valence electrons. The van der Waals surface area contributed by atoms with Crippen molar-refractivity contribution in [3.8, 4) is 0 Å². The first-order valence-corrected chi connectivity index (χ1v) is 8.32. The Morgan fingerprint density at radius 1 is 1.52 bits per heavy atom. The standard InChI is InChI=1S/C14H13ClFIN4O4/c1-21-14(24)10(15)11(12(19-21)13(23)20-25-5-4-22)18-9-3-2-7(17)6-8(9)16/h2-3,6,18,22H,4-5H2,1H3,(H,20,23). The van der Waals surface area contributed by atoms with E-state index in [0.717, 1.165) is 4.68 Å². The molecule has 0 aliphatic heterocycles. The fraction of sp³-hybridized carbons (Fsp3) is 0.214. The highest BCUT2D eigenvalue weighted by Crippen LogP contribution is 2.27. The Morgan fingerprint density at radius 3 is 2.88 bits per heavy atom. The number of aliphatic hydroxyl groups is 1. The number of nitrogens with zero attached hydrogens (tertiary/aromatic N) is 2. The van der Waals surface area contributed by atoms with E-state index in [1.165, 1.54) is 19.2 Å². The normalized spacial score (nSPS) is 10.6. The first-order valence-electron chi connectivity index (χ1n) is 6.87. The number of carbonyl (C=O) groups is 1. The van der Waals surface area contributed by atoms with Gasteiger partial charge >= 0.3 is 0 Å². The number of hydrogen-bond acceptors (Lipinski definition) is 6. The summed E-state index contributed by atoms with van der Waals surface area (Å²) in [7, 11) is 1.31. The van der Waals surface area contributed by atoms with Gasteiger partial charge in [-0.1, -0.05) is 11.6 Å². The molecule has 0 aliphatic rings. The zero-order valence-corrected chi connectivity index (χ0v) is 15.8. The van der Waals surface area contributed by atoms with Crippen LogP contribution in [0, 0.1) is 9.39 Å². The van der Waals surface area contributed by atoms with Gasteiger partial charge in [0, 0.05) is 10.6 Å². The predicted octanol–water partition coefficient (Wildman–Crippen LogP) is 1.57. The minimum absolute atomic E-state index is 0.0164. The van der Waals surface area contributed by atoms with E-state index in [4.69, 9.17) is 21.5 Å². The quantitative estimate of drug-likeness (QED) is 0.328. The number of aryl methyl sites for hydroxylation is 1. The number of halogens is 3. The molecule has 2 aromatic rings. The maximum absolute atomic E-state index is 14.1. The lowest BCUT2D eigenvalue weighted by Crippen LogP contribution is -2.31. The predicted molar refractivity (Wildman–Crippen MR) is 97.4 cm³/mol. The van der Waals surface area contributed by atoms with Gasteiger partial charge in [0.05, 0.1) is 24.6 Å². The summed E-state index contributed by atoms with van der Waals surface area (Å²) in [6.07, 6.45) is 0. The summed E-state index contributed by atoms with van der Waals surface area (Å²) < 4.78 is 15.6. The summed E-state index contributed by atoms with van der Waals surface area (Å²) >= 11 is 7.97. The zero-order chi connectivity index (χ0) is 18.6. The van der Waals surface area contributed by atoms with Crippen LogP contribution in [0.15, 0.2) is 23.0 Å². The lowest BCUT2D eigenvalue weighted by atomic mass is 10.2. The molecule has 0 saturated carbocycles. The zero-order valence-electron chi connectivity index (χ0n) is 12.8. The molecule has 25 heavy (non-hydrogen) atoms. The van der Waals surface area contributed by atoms with Crippen LogP contribution in [0.3, 0.4) is 0 Å². The molecular weight excluding hydrogens is 470 g/mol. The van der Waals surface area contributed by atoms with Gasteiger partial charge < -0.3 is 10.4 Å². The van der Waals surface area contributed by atoms with Crippen molar-refractivity contribution < 1.29 is 19.1 Å². The Kier molecular flexibility index (Phi) is 6.70. The summed E-state index contributed by atoms with van der Waals surface area (Å²) in [5.74, 6) is -1.41. The molecule has 1 aromatic carbocycles. The van der Waals surface area contributed by atoms with E-state index in [9.17, 15) is 14.0 Å². The molecule has 1 heterocycles. The molecule has 11 heteroatoms. The number of aliphatic hydroxyl groups excluding tert-OH is 1. The molecule has 2 rings (SSSR count). The maximum atomic E-state index is 14.1. The van der Waals surface area contributed by atoms with Crippen LogP contribution in [-0.4, -0.2) is 34.0 Å². The number of rotatable bonds is 6. The first kappa shape index (κ1) is 19.6. The van der Waals surface area contributed by atoms with E-state index < -0.39 is 17.3 Å². The average molecular weight is 483 g/mol. The molecule has 8 nitrogen and oxygen atoms in total. The minimum atomic E-state index is -0.820. The van der Waals surface area contributed by atoms with Crippen LogP contribution in [0.5, 0.6) is 0 Å². The van der Waals surface area contributed by atoms with Crippen LogP contribution in [0.25, 0.3) is 0 Å². The highest BCUT2D eigenvalue weighted by Gasteiger charge is 2.22. The molecule has 1 amide bonds. The summed E-state index contributed by atoms with van der Waals surface area (Å²) in [6.45, 7) is -0.444. The molecule has 0 spiro atoms. The van der Waals surface area contributed by atoms with Gasteiger partial charge in [0.15, 0.2) is 5.69 Å². The molecule has 0 unspecified atom stereocenters. The number of amides is 1. The Bertz CT molecular complexity index is 861. The smallest absolute Gasteiger partial charge is 0.297 e. The van der Waals surface area contributed by atoms with Gasteiger partial charge in [-0.05, 0) is 40.8 Å². The first-order chi connectivity index (χ1) is 11.8. The van der Waals surface area contributed by atoms with E-state index in [1.807, 2.05) is 22.6 Å². The Hall–Kier alpha value is -1.76. The highest BCUT2D eigenvalue weighted by molar-refractivity contribution is 14.1. The second-order valence-corrected chi connectivity index (χ2v) is 6.34. The van der Waals surface area contributed by atoms with Crippen molar-refractivity contribution in [3.63, 3.8) is 0 Å². The average Bonchev–Trinajstić information content (AvgIpc) is 2.57. The van der Waals surface area contributed by atoms with Crippen LogP contribution >= 0.6 is 34.2 Å². The topological polar surface area (TPSA) is 105 Å². The van der Waals surface area contributed by atoms with E-state index in [1.54, 1.807) is 6.07 Å². The molecule has 0 radical (unpaired) electrons. The molecule has 0 atom stereocenters. The van der Waals surface area contributed by atoms with Gasteiger partial charge in [-0.3, -0.25) is 14.4 Å². The van der Waals surface area contributed by atoms with E-state index >= 15 is 0 Å². The SMILES string of the molecule is Cn1nc(C(=O)NOCCO)c(Nc2ccc(I)cc2F)c(Cl)c1=O. The molecule has 1 aromatic heterocycles. The van der Waals surface area contributed by atoms with Crippen molar-refractivity contribution in [2.45, 2.75) is 0 Å². The summed E-state index contributed by atoms with van der Waals surface area (Å²) in [4.78, 5) is 28.9. The maximum Gasteiger partial charge on any atom is 0.297 e. The number of benzene rings is 1. The van der Waals surface area contributed by atoms with Crippen molar-refractivity contribution in [3.05, 3.63) is 48.7 Å². The van der Waals surface area contributed by atoms with Crippen LogP contribution in [0.2, 0.25) is 5.02 Å². The fourth-order valence-electron chi connectivity index (χ4n) is 1.81. The lowest BCUT2D eigenvalue weighted by Gasteiger charge is -2.14. The third-order valence-electron chi connectivity index (χ3n) is 2.95. The summed E-state index contributed by atoms with van der Waals surface area (Å²) in [5.41, 5.74) is 0.973. The van der Waals surface area contributed by atoms with Crippen molar-refractivity contribution in [2.75, 3.05) is 18.5 Å². The molecule has 0 fully saturated rings. The lowest BCUT2D eigenvalue weighted by molar-refractivity contribution is 0.0164. The highest BCUT2D eigenvalue weighted by atomic mass is 127. The van der Waals surface area contributed by atoms with Gasteiger partial charge in [0.2, 0.25) is 0 Å². The van der Waals surface area contributed by atoms with E-state index in [2.05, 4.69) is 15.9 Å². The van der Waals surface area contributed by atoms with Crippen LogP contribution in [0.4, 0.5) is 15.8 Å². The number of aromatic nitrogens is 2. The third-order valence-corrected chi connectivity index (χ3v) is 3.97. The molecular formula is C14H13ClFIN4O4. The molecule has 0 saturated heterocycles. The summed E-state index contributed by atoms with van der Waals surface area (Å²) in [6, 6.07) is 4.35. The van der Waals surface area contributed by atoms with Crippen molar-refractivity contribution in [1.82, 2.24) is 15.3 Å². The second-order valence-electron chi connectivity index (χ2n) is 4.72. The number of anilines is 2. The Morgan fingerprint density at radius 2 is 2.24 bits per heavy atom. The Balaban J connectivity index is 2.45. The van der Waals surface area contributed by atoms with Crippen LogP contribution < -0.4 is 16.4 Å². The van der Waals surface area contributed by atoms with Crippen LogP contribution in [-0.2, 0) is 11.9 Å². The largest absolute Gasteiger partial charge is 0.394 e. The van der Waals surface area contributed by atoms with E-state index in [0.29, 0.717) is 3.57 Å². The third kappa shape index (κ3) is 4.66. The van der Waals surface area contributed by atoms with Gasteiger partial charge in [-0.25, -0.2) is 14.6 Å². The van der Waals surface area contributed by atoms with Gasteiger partial charge in [-0.2, -0.15) is 5.10 Å². The molecule has 0 bridgehead atoms. The van der Waals surface area contributed by atoms with Crippen molar-refractivity contribution in [1.29, 1.82) is 0 Å². The molecule has 0 aliphatic carbocycles. The van der Waals surface area contributed by atoms with Gasteiger partial charge in [0.1, 0.15) is 10.8 Å². The number of nitrogens with one attached hydrogen (secondary N) is 2. The van der Waals surface area contributed by atoms with Crippen molar-refractivity contribution >= 4 is 51.5 Å². The van der Waals surface area contributed by atoms with Crippen molar-refractivity contribution in [2.24, 2.45) is 7.05 Å². The van der Waals surface area contributed by atoms with Gasteiger partial charge in [0.25, 0.3) is 11.5 Å². The van der Waals surface area contributed by atoms with Gasteiger partial charge in [-0.15, -0.1) is 0 Å².